The number of nitrogens with one attached hydrogen (secondary N) is 1. The fraction of sp³-hybridized carbons (Fsp3) is 0.300. The number of aryl methyl sites for hydroxylation is 2. The highest BCUT2D eigenvalue weighted by Crippen LogP contribution is 2.22. The van der Waals surface area contributed by atoms with Crippen LogP contribution in [0.15, 0.2) is 12.1 Å². The summed E-state index contributed by atoms with van der Waals surface area (Å²) in [5.74, 6) is 0.392. The van der Waals surface area contributed by atoms with E-state index in [-0.39, 0.29) is 0 Å². The van der Waals surface area contributed by atoms with Crippen LogP contribution >= 0.6 is 0 Å². The lowest BCUT2D eigenvalue weighted by Crippen LogP contribution is -2.02. The van der Waals surface area contributed by atoms with Crippen LogP contribution in [-0.4, -0.2) is 12.2 Å². The summed E-state index contributed by atoms with van der Waals surface area (Å²) in [4.78, 5) is 0. The first-order valence-electron chi connectivity index (χ1n) is 3.96. The second-order valence-corrected chi connectivity index (χ2v) is 2.94. The fourth-order valence-corrected chi connectivity index (χ4v) is 1.24. The molecule has 2 nitrogen and oxygen atoms in total. The van der Waals surface area contributed by atoms with Gasteiger partial charge in [-0.25, -0.2) is 0 Å². The van der Waals surface area contributed by atoms with Gasteiger partial charge in [-0.2, -0.15) is 0 Å². The molecule has 0 aliphatic carbocycles. The highest BCUT2D eigenvalue weighted by atomic mass is 16.3. The molecule has 0 saturated heterocycles. The molecule has 1 aromatic rings. The minimum Gasteiger partial charge on any atom is -0.507 e. The van der Waals surface area contributed by atoms with E-state index in [9.17, 15) is 5.11 Å². The van der Waals surface area contributed by atoms with Gasteiger partial charge >= 0.3 is 0 Å². The number of hydrogen-bond acceptors (Lipinski definition) is 2. The smallest absolute Gasteiger partial charge is 0.121 e. The number of rotatable bonds is 2. The van der Waals surface area contributed by atoms with Crippen LogP contribution in [0.2, 0.25) is 0 Å². The number of aromatic hydroxyl groups is 1. The van der Waals surface area contributed by atoms with Crippen LogP contribution in [-0.2, 0) is 0 Å². The molecule has 1 aromatic carbocycles. The van der Waals surface area contributed by atoms with E-state index in [1.54, 1.807) is 0 Å². The lowest BCUT2D eigenvalue weighted by Gasteiger charge is -2.06. The van der Waals surface area contributed by atoms with Crippen molar-refractivity contribution in [2.75, 3.05) is 7.05 Å². The Kier molecular flexibility index (Phi) is 2.71. The van der Waals surface area contributed by atoms with Crippen LogP contribution in [0.25, 0.3) is 0 Å². The van der Waals surface area contributed by atoms with E-state index in [0.29, 0.717) is 5.75 Å². The average molecular weight is 164 g/mol. The van der Waals surface area contributed by atoms with Gasteiger partial charge in [0, 0.05) is 0 Å². The van der Waals surface area contributed by atoms with Crippen molar-refractivity contribution >= 4 is 0 Å². The number of phenolic OH excluding ortho intramolecular Hbond substituents is 1. The molecular formula is C10H14NO. The molecule has 1 radical (unpaired) electrons. The molecule has 0 aromatic heterocycles. The molecule has 0 fully saturated rings. The molecule has 2 N–H and O–H groups in total. The second kappa shape index (κ2) is 3.59. The summed E-state index contributed by atoms with van der Waals surface area (Å²) in [5.41, 5.74) is 2.92. The standard InChI is InChI=1S/C10H14NO/c1-7-4-9(6-11-3)5-8(2)10(7)12/h4-6,11-12H,1-3H3. The van der Waals surface area contributed by atoms with E-state index in [1.807, 2.05) is 39.6 Å². The Labute approximate surface area is 73.2 Å². The maximum absolute atomic E-state index is 9.46. The first-order chi connectivity index (χ1) is 5.65. The number of hydrogen-bond donors (Lipinski definition) is 2. The molecule has 0 aliphatic rings. The van der Waals surface area contributed by atoms with Crippen molar-refractivity contribution in [3.63, 3.8) is 0 Å². The molecule has 0 aliphatic heterocycles. The first-order valence-corrected chi connectivity index (χ1v) is 3.96. The van der Waals surface area contributed by atoms with Crippen molar-refractivity contribution in [1.29, 1.82) is 0 Å². The van der Waals surface area contributed by atoms with E-state index >= 15 is 0 Å². The summed E-state index contributed by atoms with van der Waals surface area (Å²) in [6, 6.07) is 3.89. The third-order valence-corrected chi connectivity index (χ3v) is 1.82. The Morgan fingerprint density at radius 3 is 2.17 bits per heavy atom. The SMILES string of the molecule is CN[CH]c1cc(C)c(O)c(C)c1. The van der Waals surface area contributed by atoms with Crippen LogP contribution in [0.1, 0.15) is 16.7 Å². The maximum atomic E-state index is 9.46. The molecular weight excluding hydrogens is 150 g/mol. The zero-order valence-corrected chi connectivity index (χ0v) is 7.68. The fourth-order valence-electron chi connectivity index (χ4n) is 1.24. The average Bonchev–Trinajstić information content (AvgIpc) is 2.01. The minimum absolute atomic E-state index is 0.392. The zero-order chi connectivity index (χ0) is 9.14. The van der Waals surface area contributed by atoms with E-state index in [4.69, 9.17) is 0 Å². The molecule has 0 heterocycles. The van der Waals surface area contributed by atoms with Crippen LogP contribution in [0.4, 0.5) is 0 Å². The third kappa shape index (κ3) is 1.77. The summed E-state index contributed by atoms with van der Waals surface area (Å²) < 4.78 is 0. The normalized spacial score (nSPS) is 10.2. The van der Waals surface area contributed by atoms with Gasteiger partial charge in [0.1, 0.15) is 5.75 Å². The highest BCUT2D eigenvalue weighted by molar-refractivity contribution is 5.43. The van der Waals surface area contributed by atoms with Crippen LogP contribution in [0.5, 0.6) is 5.75 Å². The summed E-state index contributed by atoms with van der Waals surface area (Å²) in [5, 5.41) is 12.4. The quantitative estimate of drug-likeness (QED) is 0.697. The van der Waals surface area contributed by atoms with Gasteiger partial charge in [-0.3, -0.25) is 0 Å². The predicted octanol–water partition coefficient (Wildman–Crippen LogP) is 1.74. The van der Waals surface area contributed by atoms with Gasteiger partial charge in [-0.05, 0) is 37.6 Å². The van der Waals surface area contributed by atoms with Gasteiger partial charge in [0.25, 0.3) is 0 Å². The second-order valence-electron chi connectivity index (χ2n) is 2.94. The highest BCUT2D eigenvalue weighted by Gasteiger charge is 2.02. The van der Waals surface area contributed by atoms with Crippen molar-refractivity contribution < 1.29 is 5.11 Å². The molecule has 0 saturated carbocycles. The van der Waals surface area contributed by atoms with Crippen molar-refractivity contribution in [3.05, 3.63) is 35.4 Å². The Morgan fingerprint density at radius 1 is 1.25 bits per heavy atom. The summed E-state index contributed by atoms with van der Waals surface area (Å²) in [6.45, 7) is 5.70. The minimum atomic E-state index is 0.392. The van der Waals surface area contributed by atoms with Gasteiger partial charge in [0.05, 0.1) is 6.54 Å². The van der Waals surface area contributed by atoms with E-state index in [1.165, 1.54) is 0 Å². The van der Waals surface area contributed by atoms with Gasteiger partial charge < -0.3 is 10.4 Å². The molecule has 0 amide bonds. The van der Waals surface area contributed by atoms with E-state index in [0.717, 1.165) is 16.7 Å². The molecule has 65 valence electrons. The Hall–Kier alpha value is -1.02. The van der Waals surface area contributed by atoms with Gasteiger partial charge in [-0.1, -0.05) is 12.1 Å². The monoisotopic (exact) mass is 164 g/mol. The van der Waals surface area contributed by atoms with Crippen molar-refractivity contribution in [2.24, 2.45) is 0 Å². The van der Waals surface area contributed by atoms with Crippen molar-refractivity contribution in [1.82, 2.24) is 5.32 Å². The topological polar surface area (TPSA) is 32.3 Å². The number of phenols is 1. The Morgan fingerprint density at radius 2 is 1.75 bits per heavy atom. The molecule has 0 bridgehead atoms. The third-order valence-electron chi connectivity index (χ3n) is 1.82. The van der Waals surface area contributed by atoms with Crippen LogP contribution < -0.4 is 5.32 Å². The van der Waals surface area contributed by atoms with E-state index in [2.05, 4.69) is 5.32 Å². The van der Waals surface area contributed by atoms with Gasteiger partial charge in [-0.15, -0.1) is 0 Å². The lowest BCUT2D eigenvalue weighted by molar-refractivity contribution is 0.466. The molecule has 0 unspecified atom stereocenters. The lowest BCUT2D eigenvalue weighted by atomic mass is 10.1. The molecule has 0 atom stereocenters. The molecule has 2 heteroatoms. The first kappa shape index (κ1) is 9.07. The summed E-state index contributed by atoms with van der Waals surface area (Å²) in [6.07, 6.45) is 0. The zero-order valence-electron chi connectivity index (χ0n) is 7.68. The maximum Gasteiger partial charge on any atom is 0.121 e. The summed E-state index contributed by atoms with van der Waals surface area (Å²) in [7, 11) is 1.86. The predicted molar refractivity (Wildman–Crippen MR) is 50.0 cm³/mol. The van der Waals surface area contributed by atoms with Crippen LogP contribution in [0.3, 0.4) is 0 Å². The Bertz CT molecular complexity index is 258. The van der Waals surface area contributed by atoms with Gasteiger partial charge in [0.15, 0.2) is 0 Å². The largest absolute Gasteiger partial charge is 0.507 e. The van der Waals surface area contributed by atoms with Crippen LogP contribution in [0, 0.1) is 20.4 Å². The molecule has 12 heavy (non-hydrogen) atoms. The van der Waals surface area contributed by atoms with Crippen molar-refractivity contribution in [2.45, 2.75) is 13.8 Å². The molecule has 0 spiro atoms. The molecule has 1 rings (SSSR count). The van der Waals surface area contributed by atoms with Crippen molar-refractivity contribution in [3.8, 4) is 5.75 Å². The van der Waals surface area contributed by atoms with E-state index < -0.39 is 0 Å². The number of benzene rings is 1. The summed E-state index contributed by atoms with van der Waals surface area (Å²) >= 11 is 0. The Balaban J connectivity index is 3.04. The van der Waals surface area contributed by atoms with Gasteiger partial charge in [0.2, 0.25) is 0 Å².